The summed E-state index contributed by atoms with van der Waals surface area (Å²) in [5, 5.41) is 2.87. The molecule has 0 radical (unpaired) electrons. The van der Waals surface area contributed by atoms with Crippen molar-refractivity contribution in [1.29, 1.82) is 0 Å². The Labute approximate surface area is 165 Å². The fourth-order valence-corrected chi connectivity index (χ4v) is 4.14. The Kier molecular flexibility index (Phi) is 5.79. The average molecular weight is 404 g/mol. The number of nitrogens with zero attached hydrogens (tertiary/aromatic N) is 1. The summed E-state index contributed by atoms with van der Waals surface area (Å²) in [6.45, 7) is 4.25. The van der Waals surface area contributed by atoms with Crippen molar-refractivity contribution in [3.05, 3.63) is 47.5 Å². The van der Waals surface area contributed by atoms with E-state index in [1.807, 2.05) is 32.0 Å². The molecule has 0 saturated carbocycles. The molecule has 1 aliphatic rings. The van der Waals surface area contributed by atoms with Gasteiger partial charge in [-0.05, 0) is 55.7 Å². The summed E-state index contributed by atoms with van der Waals surface area (Å²) in [4.78, 5) is 12.2. The molecule has 7 nitrogen and oxygen atoms in total. The van der Waals surface area contributed by atoms with E-state index < -0.39 is 10.0 Å². The molecule has 0 bridgehead atoms. The first-order valence-corrected chi connectivity index (χ1v) is 10.8. The van der Waals surface area contributed by atoms with Gasteiger partial charge in [-0.15, -0.1) is 0 Å². The molecule has 1 aliphatic heterocycles. The largest absolute Gasteiger partial charge is 0.454 e. The first-order valence-electron chi connectivity index (χ1n) is 8.98. The first-order chi connectivity index (χ1) is 13.2. The fraction of sp³-hybridized carbons (Fsp3) is 0.350. The van der Waals surface area contributed by atoms with Crippen LogP contribution in [0.2, 0.25) is 0 Å². The molecule has 1 heterocycles. The maximum absolute atomic E-state index is 12.2. The minimum Gasteiger partial charge on any atom is -0.454 e. The Morgan fingerprint density at radius 3 is 2.43 bits per heavy atom. The lowest BCUT2D eigenvalue weighted by Crippen LogP contribution is -2.31. The maximum Gasteiger partial charge on any atom is 0.232 e. The lowest BCUT2D eigenvalue weighted by Gasteiger charge is -2.22. The van der Waals surface area contributed by atoms with Gasteiger partial charge in [-0.3, -0.25) is 9.10 Å². The van der Waals surface area contributed by atoms with Crippen molar-refractivity contribution >= 4 is 27.3 Å². The molecule has 0 saturated heterocycles. The Balaban J connectivity index is 1.62. The third kappa shape index (κ3) is 4.95. The topological polar surface area (TPSA) is 84.9 Å². The molecular formula is C20H24N2O5S. The van der Waals surface area contributed by atoms with Crippen molar-refractivity contribution in [2.24, 2.45) is 0 Å². The molecule has 28 heavy (non-hydrogen) atoms. The van der Waals surface area contributed by atoms with Crippen molar-refractivity contribution in [1.82, 2.24) is 0 Å². The number of aryl methyl sites for hydroxylation is 2. The van der Waals surface area contributed by atoms with E-state index in [4.69, 9.17) is 9.47 Å². The van der Waals surface area contributed by atoms with E-state index in [0.29, 0.717) is 23.6 Å². The molecule has 0 aliphatic carbocycles. The van der Waals surface area contributed by atoms with Gasteiger partial charge in [0, 0.05) is 24.7 Å². The predicted octanol–water partition coefficient (Wildman–Crippen LogP) is 3.22. The summed E-state index contributed by atoms with van der Waals surface area (Å²) < 4.78 is 36.3. The quantitative estimate of drug-likeness (QED) is 0.766. The lowest BCUT2D eigenvalue weighted by molar-refractivity contribution is -0.116. The number of benzene rings is 2. The number of nitrogens with one attached hydrogen (secondary N) is 1. The van der Waals surface area contributed by atoms with Crippen LogP contribution in [0.3, 0.4) is 0 Å². The van der Waals surface area contributed by atoms with Crippen LogP contribution in [0.4, 0.5) is 11.4 Å². The van der Waals surface area contributed by atoms with Crippen molar-refractivity contribution in [3.8, 4) is 11.5 Å². The van der Waals surface area contributed by atoms with Crippen LogP contribution in [0.1, 0.15) is 24.0 Å². The van der Waals surface area contributed by atoms with Crippen LogP contribution in [0, 0.1) is 13.8 Å². The molecule has 0 atom stereocenters. The molecule has 1 amide bonds. The number of amides is 1. The molecule has 2 aromatic carbocycles. The fourth-order valence-electron chi connectivity index (χ4n) is 3.18. The normalized spacial score (nSPS) is 12.7. The molecule has 0 aromatic heterocycles. The Bertz CT molecular complexity index is 968. The smallest absolute Gasteiger partial charge is 0.232 e. The highest BCUT2D eigenvalue weighted by Gasteiger charge is 2.21. The molecule has 2 aromatic rings. The zero-order chi connectivity index (χ0) is 20.3. The minimum absolute atomic E-state index is 0.121. The number of carbonyl (C=O) groups excluding carboxylic acids is 1. The maximum atomic E-state index is 12.2. The van der Waals surface area contributed by atoms with Crippen molar-refractivity contribution in [2.45, 2.75) is 26.7 Å². The summed E-state index contributed by atoms with van der Waals surface area (Å²) >= 11 is 0. The van der Waals surface area contributed by atoms with Gasteiger partial charge in [0.25, 0.3) is 0 Å². The molecule has 3 rings (SSSR count). The molecule has 1 N–H and O–H groups in total. The van der Waals surface area contributed by atoms with Gasteiger partial charge in [0.2, 0.25) is 22.7 Å². The number of anilines is 2. The third-order valence-corrected chi connectivity index (χ3v) is 5.51. The van der Waals surface area contributed by atoms with Crippen LogP contribution < -0.4 is 19.1 Å². The number of carbonyl (C=O) groups is 1. The Morgan fingerprint density at radius 2 is 1.75 bits per heavy atom. The van der Waals surface area contributed by atoms with E-state index in [-0.39, 0.29) is 25.7 Å². The van der Waals surface area contributed by atoms with Gasteiger partial charge in [0.05, 0.1) is 11.9 Å². The highest BCUT2D eigenvalue weighted by Crippen LogP contribution is 2.36. The third-order valence-electron chi connectivity index (χ3n) is 4.31. The van der Waals surface area contributed by atoms with Gasteiger partial charge >= 0.3 is 0 Å². The van der Waals surface area contributed by atoms with Crippen LogP contribution in [-0.2, 0) is 14.8 Å². The number of hydrogen-bond acceptors (Lipinski definition) is 5. The van der Waals surface area contributed by atoms with E-state index in [9.17, 15) is 13.2 Å². The summed E-state index contributed by atoms with van der Waals surface area (Å²) in [7, 11) is -3.50. The van der Waals surface area contributed by atoms with Gasteiger partial charge < -0.3 is 14.8 Å². The van der Waals surface area contributed by atoms with Crippen LogP contribution in [0.15, 0.2) is 36.4 Å². The molecule has 0 spiro atoms. The van der Waals surface area contributed by atoms with Gasteiger partial charge in [-0.25, -0.2) is 8.42 Å². The van der Waals surface area contributed by atoms with E-state index in [2.05, 4.69) is 5.32 Å². The standard InChI is InChI=1S/C20H24N2O5S/c1-14-9-15(2)11-16(10-14)21-20(23)5-4-8-22(28(3,24)25)17-6-7-18-19(12-17)27-13-26-18/h6-7,9-12H,4-5,8,13H2,1-3H3,(H,21,23). The molecule has 0 fully saturated rings. The lowest BCUT2D eigenvalue weighted by atomic mass is 10.1. The van der Waals surface area contributed by atoms with Gasteiger partial charge in [-0.1, -0.05) is 6.07 Å². The van der Waals surface area contributed by atoms with Crippen molar-refractivity contribution in [2.75, 3.05) is 29.2 Å². The second-order valence-corrected chi connectivity index (χ2v) is 8.81. The van der Waals surface area contributed by atoms with Crippen LogP contribution >= 0.6 is 0 Å². The first kappa shape index (κ1) is 20.0. The molecule has 150 valence electrons. The Morgan fingerprint density at radius 1 is 1.07 bits per heavy atom. The number of rotatable bonds is 7. The zero-order valence-corrected chi connectivity index (χ0v) is 17.0. The second kappa shape index (κ2) is 8.10. The van der Waals surface area contributed by atoms with Crippen molar-refractivity contribution < 1.29 is 22.7 Å². The number of sulfonamides is 1. The van der Waals surface area contributed by atoms with Gasteiger partial charge in [0.15, 0.2) is 11.5 Å². The van der Waals surface area contributed by atoms with E-state index >= 15 is 0 Å². The predicted molar refractivity (Wildman–Crippen MR) is 109 cm³/mol. The number of hydrogen-bond donors (Lipinski definition) is 1. The van der Waals surface area contributed by atoms with Crippen LogP contribution in [-0.4, -0.2) is 33.9 Å². The summed E-state index contributed by atoms with van der Waals surface area (Å²) in [6.07, 6.45) is 1.74. The highest BCUT2D eigenvalue weighted by molar-refractivity contribution is 7.92. The summed E-state index contributed by atoms with van der Waals surface area (Å²) in [5.41, 5.74) is 3.38. The molecule has 0 unspecified atom stereocenters. The minimum atomic E-state index is -3.50. The Hall–Kier alpha value is -2.74. The molecule has 8 heteroatoms. The monoisotopic (exact) mass is 404 g/mol. The summed E-state index contributed by atoms with van der Waals surface area (Å²) in [5.74, 6) is 0.952. The van der Waals surface area contributed by atoms with Crippen molar-refractivity contribution in [3.63, 3.8) is 0 Å². The van der Waals surface area contributed by atoms with E-state index in [1.165, 1.54) is 4.31 Å². The summed E-state index contributed by atoms with van der Waals surface area (Å²) in [6, 6.07) is 10.8. The van der Waals surface area contributed by atoms with Crippen LogP contribution in [0.5, 0.6) is 11.5 Å². The number of fused-ring (bicyclic) bond motifs is 1. The highest BCUT2D eigenvalue weighted by atomic mass is 32.2. The van der Waals surface area contributed by atoms with E-state index in [1.54, 1.807) is 18.2 Å². The zero-order valence-electron chi connectivity index (χ0n) is 16.2. The average Bonchev–Trinajstić information content (AvgIpc) is 3.04. The molecular weight excluding hydrogens is 380 g/mol. The SMILES string of the molecule is Cc1cc(C)cc(NC(=O)CCCN(c2ccc3c(c2)OCO3)S(C)(=O)=O)c1. The van der Waals surface area contributed by atoms with Gasteiger partial charge in [-0.2, -0.15) is 0 Å². The van der Waals surface area contributed by atoms with Crippen LogP contribution in [0.25, 0.3) is 0 Å². The van der Waals surface area contributed by atoms with Gasteiger partial charge in [0.1, 0.15) is 0 Å². The van der Waals surface area contributed by atoms with E-state index in [0.717, 1.165) is 23.1 Å². The second-order valence-electron chi connectivity index (χ2n) is 6.90. The number of ether oxygens (including phenoxy) is 2.